The second kappa shape index (κ2) is 10.4. The van der Waals surface area contributed by atoms with Gasteiger partial charge < -0.3 is 5.73 Å². The summed E-state index contributed by atoms with van der Waals surface area (Å²) in [6.07, 6.45) is 16.2. The zero-order chi connectivity index (χ0) is 22.6. The number of unbranched alkanes of at least 4 members (excludes halogenated alkanes) is 1. The van der Waals surface area contributed by atoms with Crippen LogP contribution < -0.4 is 5.73 Å². The molecule has 4 heteroatoms. The number of fused-ring (bicyclic) bond motifs is 1. The lowest BCUT2D eigenvalue weighted by Gasteiger charge is -2.33. The van der Waals surface area contributed by atoms with Gasteiger partial charge in [-0.1, -0.05) is 95.9 Å². The molecule has 1 saturated carbocycles. The van der Waals surface area contributed by atoms with Gasteiger partial charge in [-0.2, -0.15) is 0 Å². The zero-order valence-electron chi connectivity index (χ0n) is 20.3. The van der Waals surface area contributed by atoms with Gasteiger partial charge in [0.15, 0.2) is 5.96 Å². The molecule has 4 nitrogen and oxygen atoms in total. The van der Waals surface area contributed by atoms with E-state index in [1.54, 1.807) is 0 Å². The molecule has 1 amide bonds. The average Bonchev–Trinajstić information content (AvgIpc) is 3.34. The second-order valence-electron chi connectivity index (χ2n) is 10.6. The Hall–Kier alpha value is -1.84. The molecule has 32 heavy (non-hydrogen) atoms. The number of carbonyl (C=O) groups excluding carboxylic acids is 1. The van der Waals surface area contributed by atoms with E-state index >= 15 is 0 Å². The van der Waals surface area contributed by atoms with Crippen molar-refractivity contribution >= 4 is 11.9 Å². The van der Waals surface area contributed by atoms with Crippen LogP contribution >= 0.6 is 0 Å². The number of rotatable bonds is 10. The number of aryl methyl sites for hydroxylation is 1. The Kier molecular flexibility index (Phi) is 7.58. The van der Waals surface area contributed by atoms with E-state index < -0.39 is 5.54 Å². The third-order valence-electron chi connectivity index (χ3n) is 8.47. The maximum Gasteiger partial charge on any atom is 0.257 e. The highest BCUT2D eigenvalue weighted by Gasteiger charge is 2.51. The number of nitrogens with zero attached hydrogens (tertiary/aromatic N) is 2. The summed E-state index contributed by atoms with van der Waals surface area (Å²) in [5, 5.41) is 0. The van der Waals surface area contributed by atoms with Crippen molar-refractivity contribution in [2.75, 3.05) is 0 Å². The fourth-order valence-corrected chi connectivity index (χ4v) is 6.49. The van der Waals surface area contributed by atoms with Crippen molar-refractivity contribution in [1.82, 2.24) is 4.90 Å². The highest BCUT2D eigenvalue weighted by atomic mass is 16.2. The minimum atomic E-state index is -0.645. The molecule has 176 valence electrons. The topological polar surface area (TPSA) is 58.7 Å². The van der Waals surface area contributed by atoms with Crippen molar-refractivity contribution in [3.05, 3.63) is 35.4 Å². The molecule has 1 fully saturated rings. The molecule has 1 aromatic rings. The lowest BCUT2D eigenvalue weighted by molar-refractivity contribution is -0.134. The number of nitrogens with two attached hydrogens (primary N) is 1. The second-order valence-corrected chi connectivity index (χ2v) is 10.6. The third kappa shape index (κ3) is 4.75. The van der Waals surface area contributed by atoms with Crippen molar-refractivity contribution in [2.45, 2.75) is 115 Å². The summed E-state index contributed by atoms with van der Waals surface area (Å²) in [4.78, 5) is 21.1. The fourth-order valence-electron chi connectivity index (χ4n) is 6.49. The SMILES string of the molecule is CCCCC(CC)C[C@@]1(CCC2CCCCC2)N=C(N)N([C@@H]2CCc3ccccc32)C1=O. The Morgan fingerprint density at radius 2 is 1.94 bits per heavy atom. The number of guanidine groups is 1. The first kappa shape index (κ1) is 23.3. The fraction of sp³-hybridized carbons (Fsp3) is 0.714. The smallest absolute Gasteiger partial charge is 0.257 e. The van der Waals surface area contributed by atoms with E-state index in [0.29, 0.717) is 11.9 Å². The molecule has 0 bridgehead atoms. The van der Waals surface area contributed by atoms with Gasteiger partial charge in [0.1, 0.15) is 5.54 Å². The van der Waals surface area contributed by atoms with Gasteiger partial charge in [-0.25, -0.2) is 4.99 Å². The summed E-state index contributed by atoms with van der Waals surface area (Å²) in [5.74, 6) is 1.94. The average molecular weight is 438 g/mol. The van der Waals surface area contributed by atoms with Gasteiger partial charge in [0, 0.05) is 0 Å². The van der Waals surface area contributed by atoms with Gasteiger partial charge in [0.2, 0.25) is 0 Å². The molecule has 2 N–H and O–H groups in total. The predicted molar refractivity (Wildman–Crippen MR) is 132 cm³/mol. The molecular formula is C28H43N3O. The molecule has 1 aromatic carbocycles. The Labute approximate surface area is 195 Å². The molecule has 3 atom stereocenters. The molecule has 0 spiro atoms. The highest BCUT2D eigenvalue weighted by molar-refractivity contribution is 6.07. The molecule has 1 heterocycles. The summed E-state index contributed by atoms with van der Waals surface area (Å²) in [6.45, 7) is 4.52. The van der Waals surface area contributed by atoms with Crippen LogP contribution in [0.5, 0.6) is 0 Å². The van der Waals surface area contributed by atoms with Crippen molar-refractivity contribution < 1.29 is 4.79 Å². The number of hydrogen-bond donors (Lipinski definition) is 1. The Bertz CT molecular complexity index is 813. The maximum absolute atomic E-state index is 14.2. The van der Waals surface area contributed by atoms with Gasteiger partial charge >= 0.3 is 0 Å². The third-order valence-corrected chi connectivity index (χ3v) is 8.47. The number of benzene rings is 1. The van der Waals surface area contributed by atoms with Crippen LogP contribution in [0.1, 0.15) is 114 Å². The maximum atomic E-state index is 14.2. The molecule has 1 aliphatic heterocycles. The lowest BCUT2D eigenvalue weighted by atomic mass is 9.77. The summed E-state index contributed by atoms with van der Waals surface area (Å²) >= 11 is 0. The van der Waals surface area contributed by atoms with Crippen LogP contribution in [0.25, 0.3) is 0 Å². The predicted octanol–water partition coefficient (Wildman–Crippen LogP) is 6.54. The minimum Gasteiger partial charge on any atom is -0.369 e. The van der Waals surface area contributed by atoms with Crippen LogP contribution in [0.15, 0.2) is 29.3 Å². The van der Waals surface area contributed by atoms with Crippen LogP contribution in [0, 0.1) is 11.8 Å². The summed E-state index contributed by atoms with van der Waals surface area (Å²) in [7, 11) is 0. The number of amides is 1. The van der Waals surface area contributed by atoms with Gasteiger partial charge in [-0.3, -0.25) is 9.69 Å². The van der Waals surface area contributed by atoms with E-state index in [1.807, 2.05) is 4.90 Å². The Balaban J connectivity index is 1.58. The van der Waals surface area contributed by atoms with Crippen LogP contribution in [0.3, 0.4) is 0 Å². The van der Waals surface area contributed by atoms with Gasteiger partial charge in [-0.15, -0.1) is 0 Å². The zero-order valence-corrected chi connectivity index (χ0v) is 20.3. The monoisotopic (exact) mass is 437 g/mol. The van der Waals surface area contributed by atoms with E-state index in [2.05, 4.69) is 38.1 Å². The van der Waals surface area contributed by atoms with E-state index in [0.717, 1.165) is 44.4 Å². The van der Waals surface area contributed by atoms with E-state index in [9.17, 15) is 4.79 Å². The molecule has 0 radical (unpaired) electrons. The molecular weight excluding hydrogens is 394 g/mol. The van der Waals surface area contributed by atoms with Gasteiger partial charge in [-0.05, 0) is 55.1 Å². The van der Waals surface area contributed by atoms with Crippen LogP contribution in [0.4, 0.5) is 0 Å². The van der Waals surface area contributed by atoms with Crippen molar-refractivity contribution in [2.24, 2.45) is 22.6 Å². The van der Waals surface area contributed by atoms with E-state index in [4.69, 9.17) is 10.7 Å². The Morgan fingerprint density at radius 1 is 1.16 bits per heavy atom. The summed E-state index contributed by atoms with van der Waals surface area (Å²) in [5.41, 5.74) is 8.54. The first-order valence-corrected chi connectivity index (χ1v) is 13.3. The molecule has 0 aromatic heterocycles. The molecule has 4 rings (SSSR count). The van der Waals surface area contributed by atoms with Crippen molar-refractivity contribution in [3.63, 3.8) is 0 Å². The first-order valence-electron chi connectivity index (χ1n) is 13.3. The molecule has 1 unspecified atom stereocenters. The first-order chi connectivity index (χ1) is 15.6. The largest absolute Gasteiger partial charge is 0.369 e. The lowest BCUT2D eigenvalue weighted by Crippen LogP contribution is -2.46. The molecule has 3 aliphatic rings. The van der Waals surface area contributed by atoms with Crippen LogP contribution in [0.2, 0.25) is 0 Å². The standard InChI is InChI=1S/C28H43N3O/c1-3-5-11-21(4-2)20-28(19-18-22-12-7-6-8-13-22)26(32)31(27(29)30-28)25-17-16-23-14-9-10-15-24(23)25/h9-10,14-15,21-22,25H,3-8,11-13,16-20H2,1-2H3,(H2,29,30)/t21?,25-,28-/m1/s1. The number of carbonyl (C=O) groups is 1. The van der Waals surface area contributed by atoms with Gasteiger partial charge in [0.25, 0.3) is 5.91 Å². The minimum absolute atomic E-state index is 0.0507. The van der Waals surface area contributed by atoms with Crippen molar-refractivity contribution in [1.29, 1.82) is 0 Å². The summed E-state index contributed by atoms with van der Waals surface area (Å²) in [6, 6.07) is 8.59. The summed E-state index contributed by atoms with van der Waals surface area (Å²) < 4.78 is 0. The normalized spacial score (nSPS) is 26.9. The highest BCUT2D eigenvalue weighted by Crippen LogP contribution is 2.44. The van der Waals surface area contributed by atoms with E-state index in [1.165, 1.54) is 62.5 Å². The molecule has 2 aliphatic carbocycles. The van der Waals surface area contributed by atoms with Gasteiger partial charge in [0.05, 0.1) is 6.04 Å². The number of hydrogen-bond acceptors (Lipinski definition) is 3. The van der Waals surface area contributed by atoms with Crippen LogP contribution in [-0.4, -0.2) is 22.3 Å². The Morgan fingerprint density at radius 3 is 2.69 bits per heavy atom. The van der Waals surface area contributed by atoms with Crippen LogP contribution in [-0.2, 0) is 11.2 Å². The van der Waals surface area contributed by atoms with Crippen molar-refractivity contribution in [3.8, 4) is 0 Å². The quantitative estimate of drug-likeness (QED) is 0.452. The number of aliphatic imine (C=N–C) groups is 1. The van der Waals surface area contributed by atoms with E-state index in [-0.39, 0.29) is 11.9 Å². The molecule has 0 saturated heterocycles.